The maximum atomic E-state index is 13.3. The number of para-hydroxylation sites is 1. The standard InChI is InChI=1S/C18H24NO6P/c1-21-14-11-15(22-2)17(16(12-14)23-3)18(26(20,24-4)25-5)19-13-9-7-6-8-10-13/h6-12,18-19H,1-5H3. The Kier molecular flexibility index (Phi) is 6.91. The summed E-state index contributed by atoms with van der Waals surface area (Å²) in [4.78, 5) is 0. The molecule has 0 heterocycles. The molecule has 0 aromatic heterocycles. The Labute approximate surface area is 153 Å². The van der Waals surface area contributed by atoms with Gasteiger partial charge in [-0.3, -0.25) is 4.57 Å². The van der Waals surface area contributed by atoms with Gasteiger partial charge in [-0.1, -0.05) is 18.2 Å². The molecule has 7 nitrogen and oxygen atoms in total. The quantitative estimate of drug-likeness (QED) is 0.649. The molecule has 0 aliphatic heterocycles. The van der Waals surface area contributed by atoms with Gasteiger partial charge < -0.3 is 28.6 Å². The summed E-state index contributed by atoms with van der Waals surface area (Å²) in [7, 11) is 3.66. The predicted molar refractivity (Wildman–Crippen MR) is 101 cm³/mol. The number of rotatable bonds is 9. The van der Waals surface area contributed by atoms with Crippen molar-refractivity contribution in [1.29, 1.82) is 0 Å². The fourth-order valence-corrected chi connectivity index (χ4v) is 4.04. The van der Waals surface area contributed by atoms with Gasteiger partial charge in [0.15, 0.2) is 5.78 Å². The van der Waals surface area contributed by atoms with E-state index in [0.717, 1.165) is 5.69 Å². The first-order chi connectivity index (χ1) is 12.5. The third kappa shape index (κ3) is 4.12. The van der Waals surface area contributed by atoms with Crippen LogP contribution < -0.4 is 19.5 Å². The molecule has 1 atom stereocenters. The largest absolute Gasteiger partial charge is 0.496 e. The lowest BCUT2D eigenvalue weighted by Gasteiger charge is -2.29. The molecule has 2 aromatic rings. The zero-order valence-electron chi connectivity index (χ0n) is 15.5. The van der Waals surface area contributed by atoms with Crippen molar-refractivity contribution in [3.05, 3.63) is 48.0 Å². The summed E-state index contributed by atoms with van der Waals surface area (Å²) < 4.78 is 40.1. The minimum absolute atomic E-state index is 0.434. The number of benzene rings is 2. The van der Waals surface area contributed by atoms with E-state index < -0.39 is 13.4 Å². The summed E-state index contributed by atoms with van der Waals surface area (Å²) in [5.74, 6) is 0.550. The summed E-state index contributed by atoms with van der Waals surface area (Å²) >= 11 is 0. The topological polar surface area (TPSA) is 75.3 Å². The van der Waals surface area contributed by atoms with E-state index in [4.69, 9.17) is 23.3 Å². The van der Waals surface area contributed by atoms with Gasteiger partial charge in [-0.25, -0.2) is 0 Å². The second-order valence-corrected chi connectivity index (χ2v) is 7.59. The number of anilines is 1. The first-order valence-electron chi connectivity index (χ1n) is 7.85. The van der Waals surface area contributed by atoms with Crippen LogP contribution in [0.1, 0.15) is 11.3 Å². The van der Waals surface area contributed by atoms with Crippen molar-refractivity contribution in [3.63, 3.8) is 0 Å². The zero-order valence-corrected chi connectivity index (χ0v) is 16.4. The Bertz CT molecular complexity index is 735. The Morgan fingerprint density at radius 2 is 1.38 bits per heavy atom. The van der Waals surface area contributed by atoms with Crippen molar-refractivity contribution in [1.82, 2.24) is 0 Å². The monoisotopic (exact) mass is 381 g/mol. The number of ether oxygens (including phenoxy) is 3. The Balaban J connectivity index is 2.67. The molecule has 8 heteroatoms. The molecule has 0 radical (unpaired) electrons. The fourth-order valence-electron chi connectivity index (χ4n) is 2.59. The molecule has 0 aliphatic carbocycles. The summed E-state index contributed by atoms with van der Waals surface area (Å²) in [6.45, 7) is 0. The summed E-state index contributed by atoms with van der Waals surface area (Å²) in [5, 5.41) is 3.21. The molecule has 0 bridgehead atoms. The van der Waals surface area contributed by atoms with Crippen LogP contribution >= 0.6 is 7.60 Å². The van der Waals surface area contributed by atoms with Gasteiger partial charge >= 0.3 is 7.60 Å². The average Bonchev–Trinajstić information content (AvgIpc) is 2.71. The van der Waals surface area contributed by atoms with Crippen LogP contribution in [0.15, 0.2) is 42.5 Å². The number of hydrogen-bond acceptors (Lipinski definition) is 7. The number of hydrogen-bond donors (Lipinski definition) is 1. The predicted octanol–water partition coefficient (Wildman–Crippen LogP) is 4.31. The molecule has 142 valence electrons. The maximum absolute atomic E-state index is 13.3. The van der Waals surface area contributed by atoms with Crippen molar-refractivity contribution in [3.8, 4) is 17.2 Å². The van der Waals surface area contributed by atoms with E-state index in [0.29, 0.717) is 22.8 Å². The molecule has 1 N–H and O–H groups in total. The zero-order chi connectivity index (χ0) is 19.2. The van der Waals surface area contributed by atoms with E-state index in [-0.39, 0.29) is 0 Å². The van der Waals surface area contributed by atoms with Crippen molar-refractivity contribution in [2.24, 2.45) is 0 Å². The Morgan fingerprint density at radius 1 is 0.846 bits per heavy atom. The minimum Gasteiger partial charge on any atom is -0.496 e. The van der Waals surface area contributed by atoms with Crippen LogP contribution in [0.3, 0.4) is 0 Å². The van der Waals surface area contributed by atoms with Crippen LogP contribution in [-0.4, -0.2) is 35.5 Å². The van der Waals surface area contributed by atoms with Crippen molar-refractivity contribution in [2.75, 3.05) is 40.9 Å². The van der Waals surface area contributed by atoms with E-state index in [9.17, 15) is 4.57 Å². The van der Waals surface area contributed by atoms with Gasteiger partial charge in [-0.2, -0.15) is 0 Å². The van der Waals surface area contributed by atoms with Gasteiger partial charge in [0.25, 0.3) is 0 Å². The molecule has 1 unspecified atom stereocenters. The van der Waals surface area contributed by atoms with Gasteiger partial charge in [0.1, 0.15) is 17.2 Å². The van der Waals surface area contributed by atoms with Gasteiger partial charge in [-0.15, -0.1) is 0 Å². The maximum Gasteiger partial charge on any atom is 0.357 e. The number of methoxy groups -OCH3 is 3. The average molecular weight is 381 g/mol. The van der Waals surface area contributed by atoms with Gasteiger partial charge in [0.2, 0.25) is 0 Å². The normalized spacial score (nSPS) is 12.3. The van der Waals surface area contributed by atoms with Crippen molar-refractivity contribution >= 4 is 13.3 Å². The SMILES string of the molecule is COc1cc(OC)c(C(Nc2ccccc2)P(=O)(OC)OC)c(OC)c1. The summed E-state index contributed by atoms with van der Waals surface area (Å²) in [5.41, 5.74) is 1.25. The number of nitrogens with one attached hydrogen (secondary N) is 1. The first kappa shape index (κ1) is 20.1. The van der Waals surface area contributed by atoms with Crippen LogP contribution in [-0.2, 0) is 13.6 Å². The van der Waals surface area contributed by atoms with E-state index >= 15 is 0 Å². The Morgan fingerprint density at radius 3 is 1.81 bits per heavy atom. The van der Waals surface area contributed by atoms with Gasteiger partial charge in [0, 0.05) is 32.0 Å². The first-order valence-corrected chi connectivity index (χ1v) is 9.46. The highest BCUT2D eigenvalue weighted by molar-refractivity contribution is 7.54. The summed E-state index contributed by atoms with van der Waals surface area (Å²) in [6, 6.07) is 12.7. The molecule has 0 amide bonds. The van der Waals surface area contributed by atoms with Crippen molar-refractivity contribution in [2.45, 2.75) is 5.78 Å². The molecule has 0 saturated heterocycles. The lowest BCUT2D eigenvalue weighted by atomic mass is 10.1. The van der Waals surface area contributed by atoms with Crippen LogP contribution in [0.5, 0.6) is 17.2 Å². The molecule has 0 aliphatic rings. The van der Waals surface area contributed by atoms with E-state index in [1.54, 1.807) is 19.2 Å². The highest BCUT2D eigenvalue weighted by Crippen LogP contribution is 2.62. The highest BCUT2D eigenvalue weighted by atomic mass is 31.2. The molecule has 2 rings (SSSR count). The molecular formula is C18H24NO6P. The minimum atomic E-state index is -3.59. The molecule has 2 aromatic carbocycles. The third-order valence-electron chi connectivity index (χ3n) is 3.93. The van der Waals surface area contributed by atoms with Gasteiger partial charge in [-0.05, 0) is 12.1 Å². The van der Waals surface area contributed by atoms with Crippen LogP contribution in [0.25, 0.3) is 0 Å². The second kappa shape index (κ2) is 8.94. The molecular weight excluding hydrogens is 357 g/mol. The van der Waals surface area contributed by atoms with Crippen LogP contribution in [0, 0.1) is 0 Å². The smallest absolute Gasteiger partial charge is 0.357 e. The fraction of sp³-hybridized carbons (Fsp3) is 0.333. The van der Waals surface area contributed by atoms with Crippen LogP contribution in [0.4, 0.5) is 5.69 Å². The van der Waals surface area contributed by atoms with Crippen molar-refractivity contribution < 1.29 is 27.8 Å². The van der Waals surface area contributed by atoms with E-state index in [1.807, 2.05) is 30.3 Å². The van der Waals surface area contributed by atoms with E-state index in [1.165, 1.54) is 28.4 Å². The Hall–Kier alpha value is -2.21. The second-order valence-electron chi connectivity index (χ2n) is 5.26. The molecule has 0 saturated carbocycles. The van der Waals surface area contributed by atoms with E-state index in [2.05, 4.69) is 5.32 Å². The third-order valence-corrected chi connectivity index (χ3v) is 5.97. The van der Waals surface area contributed by atoms with Gasteiger partial charge in [0.05, 0.1) is 26.9 Å². The molecule has 0 fully saturated rings. The molecule has 26 heavy (non-hydrogen) atoms. The molecule has 0 spiro atoms. The lowest BCUT2D eigenvalue weighted by molar-refractivity contribution is 0.266. The summed E-state index contributed by atoms with van der Waals surface area (Å²) in [6.07, 6.45) is 0. The highest BCUT2D eigenvalue weighted by Gasteiger charge is 2.40. The van der Waals surface area contributed by atoms with Crippen LogP contribution in [0.2, 0.25) is 0 Å². The lowest BCUT2D eigenvalue weighted by Crippen LogP contribution is -2.16.